The number of rotatable bonds is 1. The molecule has 0 atom stereocenters. The van der Waals surface area contributed by atoms with Crippen molar-refractivity contribution in [2.24, 2.45) is 0 Å². The van der Waals surface area contributed by atoms with Crippen molar-refractivity contribution < 1.29 is 4.18 Å². The van der Waals surface area contributed by atoms with Crippen LogP contribution in [0.3, 0.4) is 0 Å². The van der Waals surface area contributed by atoms with Crippen molar-refractivity contribution >= 4 is 12.9 Å². The first-order chi connectivity index (χ1) is 3.93. The van der Waals surface area contributed by atoms with E-state index in [9.17, 15) is 0 Å². The molecule has 0 saturated heterocycles. The predicted octanol–water partition coefficient (Wildman–Crippen LogP) is 1.71. The lowest BCUT2D eigenvalue weighted by atomic mass is 10.3. The molecule has 0 unspecified atom stereocenters. The first kappa shape index (κ1) is 5.51. The van der Waals surface area contributed by atoms with Gasteiger partial charge in [0.1, 0.15) is 5.75 Å². The molecule has 0 amide bonds. The maximum atomic E-state index is 4.58. The topological polar surface area (TPSA) is 9.23 Å². The van der Waals surface area contributed by atoms with Gasteiger partial charge in [-0.15, -0.1) is 0 Å². The number of hydrogen-bond acceptors (Lipinski definition) is 2. The van der Waals surface area contributed by atoms with Gasteiger partial charge in [-0.05, 0) is 18.2 Å². The largest absolute Gasteiger partial charge is 0.429 e. The van der Waals surface area contributed by atoms with E-state index in [1.54, 1.807) is 12.1 Å². The van der Waals surface area contributed by atoms with Crippen LogP contribution in [-0.4, -0.2) is 0 Å². The molecule has 0 aromatic heterocycles. The molecule has 0 spiro atoms. The van der Waals surface area contributed by atoms with Crippen molar-refractivity contribution in [3.63, 3.8) is 0 Å². The van der Waals surface area contributed by atoms with Crippen molar-refractivity contribution in [2.45, 2.75) is 0 Å². The van der Waals surface area contributed by atoms with Crippen molar-refractivity contribution in [2.75, 3.05) is 0 Å². The van der Waals surface area contributed by atoms with Crippen LogP contribution in [0.1, 0.15) is 0 Å². The number of thiol groups is 1. The Morgan fingerprint density at radius 2 is 2.50 bits per heavy atom. The van der Waals surface area contributed by atoms with Crippen LogP contribution in [0.4, 0.5) is 0 Å². The quantitative estimate of drug-likeness (QED) is 0.444. The minimum atomic E-state index is 0.718. The molecule has 0 fully saturated rings. The van der Waals surface area contributed by atoms with E-state index in [-0.39, 0.29) is 0 Å². The normalized spacial score (nSPS) is 8.62. The van der Waals surface area contributed by atoms with Crippen LogP contribution in [0.25, 0.3) is 0 Å². The average Bonchev–Trinajstić information content (AvgIpc) is 1.90. The van der Waals surface area contributed by atoms with Crippen LogP contribution in [0.2, 0.25) is 0 Å². The maximum Gasteiger partial charge on any atom is 0.137 e. The third-order valence-corrected chi connectivity index (χ3v) is 0.995. The fourth-order valence-corrected chi connectivity index (χ4v) is 0.547. The molecule has 0 aliphatic rings. The Balaban J connectivity index is 2.83. The van der Waals surface area contributed by atoms with Crippen LogP contribution in [-0.2, 0) is 0 Å². The van der Waals surface area contributed by atoms with Gasteiger partial charge in [0.2, 0.25) is 0 Å². The maximum absolute atomic E-state index is 4.58. The first-order valence-corrected chi connectivity index (χ1v) is 2.57. The highest BCUT2D eigenvalue weighted by molar-refractivity contribution is 7.75. The monoisotopic (exact) mass is 125 g/mol. The van der Waals surface area contributed by atoms with E-state index < -0.39 is 0 Å². The summed E-state index contributed by atoms with van der Waals surface area (Å²) >= 11 is 3.59. The highest BCUT2D eigenvalue weighted by Crippen LogP contribution is 2.07. The lowest BCUT2D eigenvalue weighted by Gasteiger charge is -1.91. The van der Waals surface area contributed by atoms with E-state index in [2.05, 4.69) is 23.2 Å². The fraction of sp³-hybridized carbons (Fsp3) is 0. The Morgan fingerprint density at radius 1 is 1.62 bits per heavy atom. The molecule has 41 valence electrons. The summed E-state index contributed by atoms with van der Waals surface area (Å²) in [4.78, 5) is 0. The van der Waals surface area contributed by atoms with E-state index in [4.69, 9.17) is 0 Å². The Labute approximate surface area is 53.9 Å². The Bertz CT molecular complexity index is 150. The van der Waals surface area contributed by atoms with Crippen LogP contribution in [0.5, 0.6) is 5.75 Å². The van der Waals surface area contributed by atoms with E-state index in [0.717, 1.165) is 5.75 Å². The molecule has 1 aromatic carbocycles. The predicted molar refractivity (Wildman–Crippen MR) is 34.9 cm³/mol. The minimum Gasteiger partial charge on any atom is -0.429 e. The van der Waals surface area contributed by atoms with Crippen LogP contribution in [0.15, 0.2) is 24.3 Å². The van der Waals surface area contributed by atoms with Crippen molar-refractivity contribution in [3.8, 4) is 5.75 Å². The average molecular weight is 125 g/mol. The highest BCUT2D eigenvalue weighted by atomic mass is 32.1. The zero-order valence-corrected chi connectivity index (χ0v) is 5.06. The van der Waals surface area contributed by atoms with Gasteiger partial charge in [-0.1, -0.05) is 12.1 Å². The molecule has 0 N–H and O–H groups in total. The van der Waals surface area contributed by atoms with Crippen LogP contribution >= 0.6 is 12.9 Å². The van der Waals surface area contributed by atoms with Crippen LogP contribution < -0.4 is 4.18 Å². The highest BCUT2D eigenvalue weighted by Gasteiger charge is 1.82. The summed E-state index contributed by atoms with van der Waals surface area (Å²) in [6.45, 7) is 0. The summed E-state index contributed by atoms with van der Waals surface area (Å²) in [6.07, 6.45) is 0. The van der Waals surface area contributed by atoms with Crippen molar-refractivity contribution in [1.29, 1.82) is 0 Å². The van der Waals surface area contributed by atoms with Gasteiger partial charge in [0, 0.05) is 12.9 Å². The molecule has 0 aliphatic heterocycles. The third kappa shape index (κ3) is 1.17. The lowest BCUT2D eigenvalue weighted by Crippen LogP contribution is -1.70. The third-order valence-electron chi connectivity index (χ3n) is 0.784. The molecule has 1 aromatic rings. The van der Waals surface area contributed by atoms with Gasteiger partial charge in [0.05, 0.1) is 0 Å². The summed E-state index contributed by atoms with van der Waals surface area (Å²) in [5.74, 6) is 0.718. The van der Waals surface area contributed by atoms with E-state index in [0.29, 0.717) is 0 Å². The first-order valence-electron chi connectivity index (χ1n) is 2.21. The Hall–Kier alpha value is -0.630. The zero-order chi connectivity index (χ0) is 5.82. The molecule has 0 saturated carbocycles. The van der Waals surface area contributed by atoms with Gasteiger partial charge in [-0.2, -0.15) is 0 Å². The molecule has 0 aliphatic carbocycles. The van der Waals surface area contributed by atoms with Gasteiger partial charge < -0.3 is 4.18 Å². The van der Waals surface area contributed by atoms with Gasteiger partial charge in [0.25, 0.3) is 0 Å². The molecule has 2 heteroatoms. The van der Waals surface area contributed by atoms with Gasteiger partial charge in [-0.25, -0.2) is 0 Å². The Morgan fingerprint density at radius 3 is 2.88 bits per heavy atom. The summed E-state index contributed by atoms with van der Waals surface area (Å²) in [6, 6.07) is 10.0. The summed E-state index contributed by atoms with van der Waals surface area (Å²) in [5, 5.41) is 0. The molecule has 1 rings (SSSR count). The van der Waals surface area contributed by atoms with Crippen LogP contribution in [0, 0.1) is 6.07 Å². The zero-order valence-electron chi connectivity index (χ0n) is 4.16. The van der Waals surface area contributed by atoms with E-state index in [1.807, 2.05) is 12.1 Å². The van der Waals surface area contributed by atoms with Crippen molar-refractivity contribution in [1.82, 2.24) is 0 Å². The second kappa shape index (κ2) is 2.62. The second-order valence-corrected chi connectivity index (χ2v) is 1.51. The molecule has 8 heavy (non-hydrogen) atoms. The van der Waals surface area contributed by atoms with Gasteiger partial charge in [0.15, 0.2) is 0 Å². The molecular formula is C6H5OS. The fourth-order valence-electron chi connectivity index (χ4n) is 0.434. The van der Waals surface area contributed by atoms with Gasteiger partial charge >= 0.3 is 0 Å². The molecule has 0 heterocycles. The molecule has 0 bridgehead atoms. The lowest BCUT2D eigenvalue weighted by molar-refractivity contribution is 0.659. The number of benzene rings is 1. The smallest absolute Gasteiger partial charge is 0.137 e. The Kier molecular flexibility index (Phi) is 1.80. The number of hydrogen-bond donors (Lipinski definition) is 1. The second-order valence-electron chi connectivity index (χ2n) is 1.33. The minimum absolute atomic E-state index is 0.718. The summed E-state index contributed by atoms with van der Waals surface area (Å²) in [7, 11) is 0. The van der Waals surface area contributed by atoms with Crippen molar-refractivity contribution in [3.05, 3.63) is 30.3 Å². The van der Waals surface area contributed by atoms with Gasteiger partial charge in [-0.3, -0.25) is 0 Å². The molecular weight excluding hydrogens is 120 g/mol. The van der Waals surface area contributed by atoms with E-state index >= 15 is 0 Å². The standard InChI is InChI=1S/C6H5OS/c8-7-6-4-2-1-3-5-6/h1-2,4-5,8H. The summed E-state index contributed by atoms with van der Waals surface area (Å²) < 4.78 is 4.58. The SMILES string of the molecule is SOc1c[c]ccc1. The molecule has 1 radical (unpaired) electrons. The molecule has 1 nitrogen and oxygen atoms in total. The summed E-state index contributed by atoms with van der Waals surface area (Å²) in [5.41, 5.74) is 0. The van der Waals surface area contributed by atoms with E-state index in [1.165, 1.54) is 0 Å².